The highest BCUT2D eigenvalue weighted by Gasteiger charge is 2.61. The number of hydrogen-bond acceptors (Lipinski definition) is 1. The Bertz CT molecular complexity index is 333. The molecule has 0 N–H and O–H groups in total. The van der Waals surface area contributed by atoms with Crippen LogP contribution in [0.15, 0.2) is 0 Å². The van der Waals surface area contributed by atoms with Crippen molar-refractivity contribution in [3.63, 3.8) is 0 Å². The van der Waals surface area contributed by atoms with Crippen LogP contribution < -0.4 is 0 Å². The Morgan fingerprint density at radius 3 is 1.53 bits per heavy atom. The summed E-state index contributed by atoms with van der Waals surface area (Å²) in [6.45, 7) is 0. The largest absolute Gasteiger partial charge is 0.293 e. The van der Waals surface area contributed by atoms with Crippen LogP contribution in [0.1, 0.15) is 70.6 Å². The molecule has 0 spiro atoms. The fraction of sp³-hybridized carbons (Fsp3) is 1.00. The molecular formula is C18H29N. The monoisotopic (exact) mass is 259 g/mol. The SMILES string of the molecule is C1CCC2C(C1)C1CCCC3C4CCCCC4N2C13. The summed E-state index contributed by atoms with van der Waals surface area (Å²) in [7, 11) is 0. The second kappa shape index (κ2) is 4.23. The molecule has 3 aliphatic carbocycles. The molecule has 0 aromatic rings. The van der Waals surface area contributed by atoms with Crippen molar-refractivity contribution in [2.24, 2.45) is 23.7 Å². The van der Waals surface area contributed by atoms with Gasteiger partial charge in [0.2, 0.25) is 0 Å². The van der Waals surface area contributed by atoms with Crippen molar-refractivity contribution in [1.82, 2.24) is 4.90 Å². The summed E-state index contributed by atoms with van der Waals surface area (Å²) < 4.78 is 0. The zero-order chi connectivity index (χ0) is 12.4. The van der Waals surface area contributed by atoms with Gasteiger partial charge in [-0.15, -0.1) is 0 Å². The Kier molecular flexibility index (Phi) is 2.58. The Morgan fingerprint density at radius 2 is 0.947 bits per heavy atom. The summed E-state index contributed by atoms with van der Waals surface area (Å²) in [5, 5.41) is 0. The smallest absolute Gasteiger partial charge is 0.0164 e. The molecule has 2 aliphatic heterocycles. The van der Waals surface area contributed by atoms with E-state index in [0.29, 0.717) is 0 Å². The van der Waals surface area contributed by atoms with Crippen molar-refractivity contribution in [2.45, 2.75) is 88.8 Å². The molecule has 6 unspecified atom stereocenters. The Balaban J connectivity index is 1.55. The fourth-order valence-electron chi connectivity index (χ4n) is 7.33. The van der Waals surface area contributed by atoms with Crippen LogP contribution in [-0.4, -0.2) is 23.0 Å². The van der Waals surface area contributed by atoms with Gasteiger partial charge in [0.05, 0.1) is 0 Å². The average Bonchev–Trinajstić information content (AvgIpc) is 2.99. The third-order valence-corrected chi connectivity index (χ3v) is 7.73. The highest BCUT2D eigenvalue weighted by molar-refractivity contribution is 5.14. The lowest BCUT2D eigenvalue weighted by Crippen LogP contribution is -2.43. The molecule has 2 saturated heterocycles. The zero-order valence-corrected chi connectivity index (χ0v) is 12.3. The van der Waals surface area contributed by atoms with E-state index in [1.807, 2.05) is 0 Å². The van der Waals surface area contributed by atoms with Gasteiger partial charge in [0.15, 0.2) is 0 Å². The van der Waals surface area contributed by atoms with E-state index in [1.165, 1.54) is 25.7 Å². The molecule has 0 amide bonds. The first-order valence-electron chi connectivity index (χ1n) is 9.22. The molecule has 2 heterocycles. The number of hydrogen-bond donors (Lipinski definition) is 0. The van der Waals surface area contributed by atoms with Crippen LogP contribution in [-0.2, 0) is 0 Å². The molecule has 1 heteroatoms. The summed E-state index contributed by atoms with van der Waals surface area (Å²) in [6.07, 6.45) is 17.1. The summed E-state index contributed by atoms with van der Waals surface area (Å²) in [6, 6.07) is 3.10. The molecule has 0 bridgehead atoms. The van der Waals surface area contributed by atoms with Crippen LogP contribution in [0, 0.1) is 23.7 Å². The second-order valence-corrected chi connectivity index (χ2v) is 8.23. The summed E-state index contributed by atoms with van der Waals surface area (Å²) in [4.78, 5) is 3.15. The average molecular weight is 259 g/mol. The van der Waals surface area contributed by atoms with Gasteiger partial charge in [-0.05, 0) is 62.2 Å². The van der Waals surface area contributed by atoms with Crippen LogP contribution >= 0.6 is 0 Å². The van der Waals surface area contributed by atoms with Crippen molar-refractivity contribution >= 4 is 0 Å². The molecule has 3 saturated carbocycles. The first-order valence-corrected chi connectivity index (χ1v) is 9.22. The first-order chi connectivity index (χ1) is 9.45. The van der Waals surface area contributed by atoms with E-state index >= 15 is 0 Å². The van der Waals surface area contributed by atoms with E-state index in [2.05, 4.69) is 4.90 Å². The van der Waals surface area contributed by atoms with Crippen LogP contribution in [0.4, 0.5) is 0 Å². The number of rotatable bonds is 0. The quantitative estimate of drug-likeness (QED) is 0.629. The minimum Gasteiger partial charge on any atom is -0.293 e. The first kappa shape index (κ1) is 11.6. The molecule has 19 heavy (non-hydrogen) atoms. The third kappa shape index (κ3) is 1.46. The number of nitrogens with zero attached hydrogens (tertiary/aromatic N) is 1. The lowest BCUT2D eigenvalue weighted by atomic mass is 9.65. The molecular weight excluding hydrogens is 230 g/mol. The highest BCUT2D eigenvalue weighted by atomic mass is 15.3. The predicted molar refractivity (Wildman–Crippen MR) is 78.0 cm³/mol. The molecule has 0 radical (unpaired) electrons. The molecule has 0 aromatic heterocycles. The van der Waals surface area contributed by atoms with Gasteiger partial charge >= 0.3 is 0 Å². The normalized spacial score (nSPS) is 56.5. The standard InChI is InChI=1S/C18H29N/c1-3-10-16-12(6-1)14-8-5-9-15-13-7-2-4-11-17(13)19(16)18(14)15/h12-18H,1-11H2. The Hall–Kier alpha value is -0.0400. The van der Waals surface area contributed by atoms with E-state index in [9.17, 15) is 0 Å². The van der Waals surface area contributed by atoms with Gasteiger partial charge in [-0.25, -0.2) is 0 Å². The third-order valence-electron chi connectivity index (χ3n) is 7.73. The topological polar surface area (TPSA) is 3.24 Å². The molecule has 5 fully saturated rings. The van der Waals surface area contributed by atoms with Crippen molar-refractivity contribution in [2.75, 3.05) is 0 Å². The summed E-state index contributed by atoms with van der Waals surface area (Å²) in [5.74, 6) is 4.47. The maximum Gasteiger partial charge on any atom is 0.0164 e. The van der Waals surface area contributed by atoms with Crippen molar-refractivity contribution in [3.05, 3.63) is 0 Å². The molecule has 5 aliphatic rings. The van der Waals surface area contributed by atoms with E-state index in [1.54, 1.807) is 44.9 Å². The van der Waals surface area contributed by atoms with E-state index < -0.39 is 0 Å². The maximum atomic E-state index is 3.15. The highest BCUT2D eigenvalue weighted by Crippen LogP contribution is 2.60. The summed E-state index contributed by atoms with van der Waals surface area (Å²) in [5.41, 5.74) is 0. The van der Waals surface area contributed by atoms with Crippen molar-refractivity contribution in [1.29, 1.82) is 0 Å². The van der Waals surface area contributed by atoms with Crippen LogP contribution in [0.2, 0.25) is 0 Å². The lowest BCUT2D eigenvalue weighted by Gasteiger charge is -2.40. The lowest BCUT2D eigenvalue weighted by molar-refractivity contribution is 0.101. The molecule has 0 aromatic carbocycles. The zero-order valence-electron chi connectivity index (χ0n) is 12.3. The van der Waals surface area contributed by atoms with Gasteiger partial charge in [0.1, 0.15) is 0 Å². The molecule has 6 atom stereocenters. The Labute approximate surface area is 118 Å². The van der Waals surface area contributed by atoms with Gasteiger partial charge in [-0.3, -0.25) is 4.90 Å². The van der Waals surface area contributed by atoms with E-state index in [4.69, 9.17) is 0 Å². The number of fused-ring (bicyclic) bond motifs is 6. The van der Waals surface area contributed by atoms with Gasteiger partial charge in [0, 0.05) is 18.1 Å². The van der Waals surface area contributed by atoms with Gasteiger partial charge in [-0.2, -0.15) is 0 Å². The maximum absolute atomic E-state index is 3.15. The molecule has 1 nitrogen and oxygen atoms in total. The second-order valence-electron chi connectivity index (χ2n) is 8.23. The minimum absolute atomic E-state index is 1.03. The fourth-order valence-corrected chi connectivity index (χ4v) is 7.33. The van der Waals surface area contributed by atoms with E-state index in [0.717, 1.165) is 41.8 Å². The van der Waals surface area contributed by atoms with Crippen LogP contribution in [0.25, 0.3) is 0 Å². The van der Waals surface area contributed by atoms with Gasteiger partial charge in [-0.1, -0.05) is 32.1 Å². The minimum atomic E-state index is 1.03. The Morgan fingerprint density at radius 1 is 0.474 bits per heavy atom. The predicted octanol–water partition coefficient (Wildman–Crippen LogP) is 4.22. The molecule has 106 valence electrons. The van der Waals surface area contributed by atoms with E-state index in [-0.39, 0.29) is 0 Å². The van der Waals surface area contributed by atoms with Crippen LogP contribution in [0.3, 0.4) is 0 Å². The molecule has 5 rings (SSSR count). The van der Waals surface area contributed by atoms with Gasteiger partial charge in [0.25, 0.3) is 0 Å². The van der Waals surface area contributed by atoms with Crippen LogP contribution in [0.5, 0.6) is 0 Å². The van der Waals surface area contributed by atoms with Crippen molar-refractivity contribution < 1.29 is 0 Å². The van der Waals surface area contributed by atoms with Gasteiger partial charge < -0.3 is 0 Å². The van der Waals surface area contributed by atoms with Crippen molar-refractivity contribution in [3.8, 4) is 0 Å². The summed E-state index contributed by atoms with van der Waals surface area (Å²) >= 11 is 0.